The van der Waals surface area contributed by atoms with Crippen molar-refractivity contribution in [2.24, 2.45) is 5.41 Å². The SMILES string of the molecule is CC(C)(C)CC(CC(=O)O)NS(=O)(=O)c1sccc1Br. The summed E-state index contributed by atoms with van der Waals surface area (Å²) >= 11 is 4.27. The quantitative estimate of drug-likeness (QED) is 0.790. The number of rotatable bonds is 6. The van der Waals surface area contributed by atoms with Crippen molar-refractivity contribution in [3.8, 4) is 0 Å². The van der Waals surface area contributed by atoms with E-state index in [-0.39, 0.29) is 16.0 Å². The second-order valence-corrected chi connectivity index (χ2v) is 9.42. The van der Waals surface area contributed by atoms with Gasteiger partial charge in [0, 0.05) is 10.5 Å². The van der Waals surface area contributed by atoms with Gasteiger partial charge in [0.25, 0.3) is 10.0 Å². The predicted octanol–water partition coefficient (Wildman–Crippen LogP) is 3.07. The predicted molar refractivity (Wildman–Crippen MR) is 82.5 cm³/mol. The Labute approximate surface area is 131 Å². The molecule has 0 saturated heterocycles. The van der Waals surface area contributed by atoms with Crippen molar-refractivity contribution < 1.29 is 18.3 Å². The third-order valence-electron chi connectivity index (χ3n) is 2.43. The van der Waals surface area contributed by atoms with E-state index in [0.717, 1.165) is 11.3 Å². The number of carbonyl (C=O) groups is 1. The molecule has 0 saturated carbocycles. The first kappa shape index (κ1) is 17.6. The number of carboxylic acid groups (broad SMARTS) is 1. The third kappa shape index (κ3) is 5.51. The van der Waals surface area contributed by atoms with Gasteiger partial charge in [-0.3, -0.25) is 4.79 Å². The average Bonchev–Trinajstić information content (AvgIpc) is 2.59. The molecule has 0 aromatic carbocycles. The van der Waals surface area contributed by atoms with Crippen LogP contribution in [-0.4, -0.2) is 25.5 Å². The van der Waals surface area contributed by atoms with E-state index in [4.69, 9.17) is 5.11 Å². The number of halogens is 1. The summed E-state index contributed by atoms with van der Waals surface area (Å²) in [5.74, 6) is -1.02. The minimum atomic E-state index is -3.71. The fourth-order valence-corrected chi connectivity index (χ4v) is 5.44. The topological polar surface area (TPSA) is 83.5 Å². The Bertz CT molecular complexity index is 575. The molecule has 0 aliphatic carbocycles. The van der Waals surface area contributed by atoms with Crippen molar-refractivity contribution in [3.05, 3.63) is 15.9 Å². The lowest BCUT2D eigenvalue weighted by molar-refractivity contribution is -0.137. The number of thiophene rings is 1. The van der Waals surface area contributed by atoms with Crippen LogP contribution >= 0.6 is 27.3 Å². The van der Waals surface area contributed by atoms with Gasteiger partial charge in [0.15, 0.2) is 0 Å². The number of sulfonamides is 1. The number of aliphatic carboxylic acids is 1. The highest BCUT2D eigenvalue weighted by Gasteiger charge is 2.28. The molecule has 8 heteroatoms. The molecule has 114 valence electrons. The van der Waals surface area contributed by atoms with Crippen molar-refractivity contribution in [3.63, 3.8) is 0 Å². The number of carboxylic acids is 1. The molecule has 0 bridgehead atoms. The molecule has 1 atom stereocenters. The van der Waals surface area contributed by atoms with Gasteiger partial charge in [-0.2, -0.15) is 0 Å². The van der Waals surface area contributed by atoms with Gasteiger partial charge in [-0.15, -0.1) is 11.3 Å². The van der Waals surface area contributed by atoms with Crippen LogP contribution in [0.5, 0.6) is 0 Å². The molecule has 0 amide bonds. The van der Waals surface area contributed by atoms with Gasteiger partial charge in [-0.05, 0) is 39.2 Å². The summed E-state index contributed by atoms with van der Waals surface area (Å²) in [5.41, 5.74) is -0.171. The van der Waals surface area contributed by atoms with E-state index < -0.39 is 22.0 Å². The Morgan fingerprint density at radius 3 is 2.50 bits per heavy atom. The summed E-state index contributed by atoms with van der Waals surface area (Å²) < 4.78 is 27.7. The molecular weight excluding hydrogens is 366 g/mol. The first-order valence-corrected chi connectivity index (χ1v) is 9.14. The van der Waals surface area contributed by atoms with Crippen LogP contribution in [0.15, 0.2) is 20.1 Å². The highest BCUT2D eigenvalue weighted by atomic mass is 79.9. The number of nitrogens with one attached hydrogen (secondary N) is 1. The second-order valence-electron chi connectivity index (χ2n) is 5.74. The molecule has 0 radical (unpaired) electrons. The van der Waals surface area contributed by atoms with Crippen LogP contribution in [-0.2, 0) is 14.8 Å². The lowest BCUT2D eigenvalue weighted by Gasteiger charge is -2.25. The third-order valence-corrected chi connectivity index (χ3v) is 6.62. The van der Waals surface area contributed by atoms with Gasteiger partial charge >= 0.3 is 5.97 Å². The highest BCUT2D eigenvalue weighted by molar-refractivity contribution is 9.10. The van der Waals surface area contributed by atoms with Gasteiger partial charge in [0.1, 0.15) is 4.21 Å². The molecule has 0 spiro atoms. The Balaban J connectivity index is 2.94. The fraction of sp³-hybridized carbons (Fsp3) is 0.583. The maximum absolute atomic E-state index is 12.3. The number of hydrogen-bond donors (Lipinski definition) is 2. The van der Waals surface area contributed by atoms with Crippen molar-refractivity contribution in [2.45, 2.75) is 43.9 Å². The molecule has 1 rings (SSSR count). The first-order valence-electron chi connectivity index (χ1n) is 5.98. The minimum absolute atomic E-state index is 0.168. The molecule has 20 heavy (non-hydrogen) atoms. The first-order chi connectivity index (χ1) is 9.01. The van der Waals surface area contributed by atoms with Crippen LogP contribution in [0.3, 0.4) is 0 Å². The number of hydrogen-bond acceptors (Lipinski definition) is 4. The van der Waals surface area contributed by atoms with Crippen LogP contribution in [0.4, 0.5) is 0 Å². The smallest absolute Gasteiger partial charge is 0.304 e. The van der Waals surface area contributed by atoms with E-state index in [1.165, 1.54) is 0 Å². The summed E-state index contributed by atoms with van der Waals surface area (Å²) in [6.07, 6.45) is 0.209. The standard InChI is InChI=1S/C12H18BrNO4S2/c1-12(2,3)7-8(6-10(15)16)14-20(17,18)11-9(13)4-5-19-11/h4-5,8,14H,6-7H2,1-3H3,(H,15,16). The lowest BCUT2D eigenvalue weighted by atomic mass is 9.87. The van der Waals surface area contributed by atoms with Crippen molar-refractivity contribution in [2.75, 3.05) is 0 Å². The molecule has 0 fully saturated rings. The van der Waals surface area contributed by atoms with Crippen molar-refractivity contribution in [1.82, 2.24) is 4.72 Å². The van der Waals surface area contributed by atoms with E-state index in [1.54, 1.807) is 11.4 Å². The van der Waals surface area contributed by atoms with Gasteiger partial charge in [-0.25, -0.2) is 13.1 Å². The zero-order valence-corrected chi connectivity index (χ0v) is 14.7. The highest BCUT2D eigenvalue weighted by Crippen LogP contribution is 2.29. The molecule has 1 aromatic heterocycles. The van der Waals surface area contributed by atoms with Crippen LogP contribution < -0.4 is 4.72 Å². The Morgan fingerprint density at radius 1 is 1.50 bits per heavy atom. The monoisotopic (exact) mass is 383 g/mol. The van der Waals surface area contributed by atoms with Crippen molar-refractivity contribution in [1.29, 1.82) is 0 Å². The van der Waals surface area contributed by atoms with Gasteiger partial charge in [0.2, 0.25) is 0 Å². The molecule has 1 unspecified atom stereocenters. The summed E-state index contributed by atoms with van der Waals surface area (Å²) in [7, 11) is -3.71. The van der Waals surface area contributed by atoms with Crippen molar-refractivity contribution >= 4 is 43.3 Å². The molecular formula is C12H18BrNO4S2. The maximum Gasteiger partial charge on any atom is 0.304 e. The largest absolute Gasteiger partial charge is 0.481 e. The van der Waals surface area contributed by atoms with E-state index in [2.05, 4.69) is 20.7 Å². The second kappa shape index (κ2) is 6.55. The van der Waals surface area contributed by atoms with Crippen LogP contribution in [0.1, 0.15) is 33.6 Å². The molecule has 5 nitrogen and oxygen atoms in total. The Morgan fingerprint density at radius 2 is 2.10 bits per heavy atom. The van der Waals surface area contributed by atoms with Crippen LogP contribution in [0.2, 0.25) is 0 Å². The summed E-state index contributed by atoms with van der Waals surface area (Å²) in [6.45, 7) is 5.83. The Hall–Kier alpha value is -0.440. The van der Waals surface area contributed by atoms with E-state index in [1.807, 2.05) is 20.8 Å². The van der Waals surface area contributed by atoms with Crippen LogP contribution in [0.25, 0.3) is 0 Å². The van der Waals surface area contributed by atoms with E-state index >= 15 is 0 Å². The zero-order chi connectivity index (χ0) is 15.6. The Kier molecular flexibility index (Phi) is 5.77. The zero-order valence-electron chi connectivity index (χ0n) is 11.5. The summed E-state index contributed by atoms with van der Waals surface area (Å²) in [4.78, 5) is 10.9. The van der Waals surface area contributed by atoms with Gasteiger partial charge < -0.3 is 5.11 Å². The average molecular weight is 384 g/mol. The van der Waals surface area contributed by atoms with E-state index in [9.17, 15) is 13.2 Å². The lowest BCUT2D eigenvalue weighted by Crippen LogP contribution is -2.38. The van der Waals surface area contributed by atoms with Crippen LogP contribution in [0, 0.1) is 5.41 Å². The molecule has 0 aliphatic rings. The van der Waals surface area contributed by atoms with Gasteiger partial charge in [-0.1, -0.05) is 20.8 Å². The fourth-order valence-electron chi connectivity index (χ4n) is 1.85. The molecule has 1 aromatic rings. The minimum Gasteiger partial charge on any atom is -0.481 e. The normalized spacial score (nSPS) is 14.2. The molecule has 1 heterocycles. The molecule has 2 N–H and O–H groups in total. The summed E-state index contributed by atoms with van der Waals surface area (Å²) in [5, 5.41) is 10.6. The van der Waals surface area contributed by atoms with E-state index in [0.29, 0.717) is 10.9 Å². The van der Waals surface area contributed by atoms with Gasteiger partial charge in [0.05, 0.1) is 6.42 Å². The molecule has 0 aliphatic heterocycles. The summed E-state index contributed by atoms with van der Waals surface area (Å²) in [6, 6.07) is 1.02. The maximum atomic E-state index is 12.3.